The zero-order valence-electron chi connectivity index (χ0n) is 11.9. The molecule has 2 rings (SSSR count). The summed E-state index contributed by atoms with van der Waals surface area (Å²) in [6, 6.07) is 0.537. The number of nitrogens with one attached hydrogen (secondary N) is 2. The molecule has 0 radical (unpaired) electrons. The third-order valence-electron chi connectivity index (χ3n) is 4.16. The van der Waals surface area contributed by atoms with E-state index in [1.807, 2.05) is 0 Å². The van der Waals surface area contributed by atoms with Gasteiger partial charge in [-0.15, -0.1) is 0 Å². The second-order valence-electron chi connectivity index (χ2n) is 5.47. The van der Waals surface area contributed by atoms with Crippen molar-refractivity contribution in [3.63, 3.8) is 0 Å². The normalized spacial score (nSPS) is 32.8. The van der Waals surface area contributed by atoms with E-state index in [9.17, 15) is 4.79 Å². The van der Waals surface area contributed by atoms with E-state index in [1.54, 1.807) is 14.2 Å². The van der Waals surface area contributed by atoms with Crippen molar-refractivity contribution in [3.8, 4) is 0 Å². The van der Waals surface area contributed by atoms with Gasteiger partial charge in [0.05, 0.1) is 12.1 Å². The first-order valence-electron chi connectivity index (χ1n) is 7.28. The van der Waals surface area contributed by atoms with Gasteiger partial charge in [0.1, 0.15) is 5.84 Å². The van der Waals surface area contributed by atoms with Crippen LogP contribution in [0.2, 0.25) is 0 Å². The molecule has 1 saturated carbocycles. The summed E-state index contributed by atoms with van der Waals surface area (Å²) in [5.74, 6) is 1.08. The van der Waals surface area contributed by atoms with Crippen molar-refractivity contribution in [1.82, 2.24) is 10.6 Å². The average Bonchev–Trinajstić information content (AvgIpc) is 2.45. The fourth-order valence-electron chi connectivity index (χ4n) is 2.98. The van der Waals surface area contributed by atoms with Crippen molar-refractivity contribution in [1.29, 1.82) is 0 Å². The molecule has 1 atom stereocenters. The molecule has 1 saturated heterocycles. The molecule has 1 amide bonds. The molecule has 5 heteroatoms. The number of ether oxygens (including phenoxy) is 1. The standard InChI is InChI=1S/C14H25N3O2/c1-15-14(12-4-3-5-13(18)17-12)16-10-6-8-11(19-2)9-7-10/h10-12H,3-9H2,1-2H3,(H,15,16)(H,17,18)/t10-,11-,12-/m0/s1. The molecule has 1 aliphatic heterocycles. The minimum atomic E-state index is 0.0754. The number of nitrogens with zero attached hydrogens (tertiary/aromatic N) is 1. The van der Waals surface area contributed by atoms with Gasteiger partial charge in [-0.05, 0) is 38.5 Å². The van der Waals surface area contributed by atoms with Crippen LogP contribution in [0.1, 0.15) is 44.9 Å². The number of hydrogen-bond acceptors (Lipinski definition) is 3. The van der Waals surface area contributed by atoms with E-state index in [-0.39, 0.29) is 11.9 Å². The highest BCUT2D eigenvalue weighted by Gasteiger charge is 2.26. The van der Waals surface area contributed by atoms with Crippen molar-refractivity contribution in [2.45, 2.75) is 63.1 Å². The Kier molecular flexibility index (Phi) is 5.19. The van der Waals surface area contributed by atoms with Gasteiger partial charge in [0.2, 0.25) is 5.91 Å². The van der Waals surface area contributed by atoms with Crippen LogP contribution in [0.25, 0.3) is 0 Å². The summed E-state index contributed by atoms with van der Waals surface area (Å²) in [5.41, 5.74) is 0. The van der Waals surface area contributed by atoms with E-state index < -0.39 is 0 Å². The molecule has 1 heterocycles. The van der Waals surface area contributed by atoms with E-state index in [4.69, 9.17) is 4.74 Å². The van der Waals surface area contributed by atoms with Gasteiger partial charge in [0.25, 0.3) is 0 Å². The van der Waals surface area contributed by atoms with Gasteiger partial charge in [-0.3, -0.25) is 9.79 Å². The number of amides is 1. The quantitative estimate of drug-likeness (QED) is 0.597. The summed E-state index contributed by atoms with van der Waals surface area (Å²) in [7, 11) is 3.58. The molecule has 1 aliphatic carbocycles. The molecule has 0 unspecified atom stereocenters. The molecule has 0 aromatic carbocycles. The maximum absolute atomic E-state index is 11.5. The van der Waals surface area contributed by atoms with Crippen LogP contribution in [0.15, 0.2) is 4.99 Å². The Balaban J connectivity index is 1.84. The van der Waals surface area contributed by atoms with E-state index in [2.05, 4.69) is 15.6 Å². The van der Waals surface area contributed by atoms with Crippen LogP contribution < -0.4 is 10.6 Å². The molecular formula is C14H25N3O2. The number of amidine groups is 1. The Morgan fingerprint density at radius 3 is 2.63 bits per heavy atom. The molecule has 0 aromatic heterocycles. The molecular weight excluding hydrogens is 242 g/mol. The molecule has 108 valence electrons. The Hall–Kier alpha value is -1.10. The lowest BCUT2D eigenvalue weighted by Gasteiger charge is -2.32. The maximum atomic E-state index is 11.5. The summed E-state index contributed by atoms with van der Waals surface area (Å²) in [6.45, 7) is 0. The zero-order chi connectivity index (χ0) is 13.7. The van der Waals surface area contributed by atoms with Crippen molar-refractivity contribution >= 4 is 11.7 Å². The van der Waals surface area contributed by atoms with Crippen LogP contribution in [0.5, 0.6) is 0 Å². The summed E-state index contributed by atoms with van der Waals surface area (Å²) < 4.78 is 5.39. The van der Waals surface area contributed by atoms with Gasteiger partial charge in [-0.1, -0.05) is 0 Å². The second-order valence-corrected chi connectivity index (χ2v) is 5.47. The number of carbonyl (C=O) groups is 1. The van der Waals surface area contributed by atoms with Gasteiger partial charge in [-0.2, -0.15) is 0 Å². The lowest BCUT2D eigenvalue weighted by atomic mass is 9.92. The summed E-state index contributed by atoms with van der Waals surface area (Å²) >= 11 is 0. The van der Waals surface area contributed by atoms with Gasteiger partial charge in [0.15, 0.2) is 0 Å². The summed E-state index contributed by atoms with van der Waals surface area (Å²) in [6.07, 6.45) is 7.41. The number of aliphatic imine (C=N–C) groups is 1. The van der Waals surface area contributed by atoms with E-state index in [1.165, 1.54) is 0 Å². The predicted molar refractivity (Wildman–Crippen MR) is 75.3 cm³/mol. The van der Waals surface area contributed by atoms with E-state index in [0.717, 1.165) is 44.4 Å². The minimum Gasteiger partial charge on any atom is -0.381 e. The fraction of sp³-hybridized carbons (Fsp3) is 0.857. The van der Waals surface area contributed by atoms with Gasteiger partial charge >= 0.3 is 0 Å². The second kappa shape index (κ2) is 6.89. The number of carbonyl (C=O) groups excluding carboxylic acids is 1. The van der Waals surface area contributed by atoms with Crippen LogP contribution in [0.4, 0.5) is 0 Å². The first-order chi connectivity index (χ1) is 9.22. The third kappa shape index (κ3) is 3.93. The molecule has 2 N–H and O–H groups in total. The molecule has 0 bridgehead atoms. The Morgan fingerprint density at radius 2 is 2.05 bits per heavy atom. The number of rotatable bonds is 3. The van der Waals surface area contributed by atoms with Gasteiger partial charge in [0, 0.05) is 26.6 Å². The van der Waals surface area contributed by atoms with Crippen LogP contribution >= 0.6 is 0 Å². The zero-order valence-corrected chi connectivity index (χ0v) is 11.9. The van der Waals surface area contributed by atoms with Crippen LogP contribution in [-0.2, 0) is 9.53 Å². The molecule has 5 nitrogen and oxygen atoms in total. The smallest absolute Gasteiger partial charge is 0.220 e. The lowest BCUT2D eigenvalue weighted by Crippen LogP contribution is -2.52. The third-order valence-corrected chi connectivity index (χ3v) is 4.16. The average molecular weight is 267 g/mol. The van der Waals surface area contributed by atoms with E-state index in [0.29, 0.717) is 18.6 Å². The number of hydrogen-bond donors (Lipinski definition) is 2. The highest BCUT2D eigenvalue weighted by Crippen LogP contribution is 2.21. The topological polar surface area (TPSA) is 62.7 Å². The summed E-state index contributed by atoms with van der Waals surface area (Å²) in [4.78, 5) is 15.8. The SMILES string of the molecule is C/N=C(\N[C@H]1CC[C@H](OC)CC1)[C@@H]1CCCC(=O)N1. The number of piperidine rings is 1. The van der Waals surface area contributed by atoms with Gasteiger partial charge < -0.3 is 15.4 Å². The first kappa shape index (κ1) is 14.3. The Labute approximate surface area is 115 Å². The van der Waals surface area contributed by atoms with Crippen molar-refractivity contribution in [2.24, 2.45) is 4.99 Å². The van der Waals surface area contributed by atoms with Crippen molar-refractivity contribution in [2.75, 3.05) is 14.2 Å². The van der Waals surface area contributed by atoms with Crippen LogP contribution in [0, 0.1) is 0 Å². The van der Waals surface area contributed by atoms with Crippen molar-refractivity contribution < 1.29 is 9.53 Å². The Bertz CT molecular complexity index is 336. The minimum absolute atomic E-state index is 0.0754. The van der Waals surface area contributed by atoms with Gasteiger partial charge in [-0.25, -0.2) is 0 Å². The number of methoxy groups -OCH3 is 1. The fourth-order valence-corrected chi connectivity index (χ4v) is 2.98. The predicted octanol–water partition coefficient (Wildman–Crippen LogP) is 1.23. The molecule has 0 spiro atoms. The molecule has 0 aromatic rings. The molecule has 19 heavy (non-hydrogen) atoms. The molecule has 2 aliphatic rings. The highest BCUT2D eigenvalue weighted by atomic mass is 16.5. The monoisotopic (exact) mass is 267 g/mol. The highest BCUT2D eigenvalue weighted by molar-refractivity contribution is 5.92. The molecule has 2 fully saturated rings. The Morgan fingerprint density at radius 1 is 1.32 bits per heavy atom. The van der Waals surface area contributed by atoms with Crippen molar-refractivity contribution in [3.05, 3.63) is 0 Å². The van der Waals surface area contributed by atoms with Crippen LogP contribution in [-0.4, -0.2) is 44.1 Å². The lowest BCUT2D eigenvalue weighted by molar-refractivity contribution is -0.122. The largest absolute Gasteiger partial charge is 0.381 e. The summed E-state index contributed by atoms with van der Waals surface area (Å²) in [5, 5.41) is 6.54. The first-order valence-corrected chi connectivity index (χ1v) is 7.28. The van der Waals surface area contributed by atoms with Crippen LogP contribution in [0.3, 0.4) is 0 Å². The van der Waals surface area contributed by atoms with E-state index >= 15 is 0 Å². The maximum Gasteiger partial charge on any atom is 0.220 e.